The number of hydrogen-bond donors (Lipinski definition) is 0. The topological polar surface area (TPSA) is 75.6 Å². The van der Waals surface area contributed by atoms with Crippen molar-refractivity contribution in [1.29, 1.82) is 0 Å². The molecule has 0 spiro atoms. The number of esters is 1. The summed E-state index contributed by atoms with van der Waals surface area (Å²) in [4.78, 5) is 37.2. The van der Waals surface area contributed by atoms with Crippen LogP contribution in [0.1, 0.15) is 25.3 Å². The van der Waals surface area contributed by atoms with Crippen LogP contribution in [0.5, 0.6) is 0 Å². The molecule has 1 aliphatic heterocycles. The number of halogens is 1. The monoisotopic (exact) mass is 462 g/mol. The zero-order chi connectivity index (χ0) is 22.2. The van der Waals surface area contributed by atoms with Crippen molar-refractivity contribution in [3.63, 3.8) is 0 Å². The predicted molar refractivity (Wildman–Crippen MR) is 122 cm³/mol. The molecule has 0 radical (unpaired) electrons. The van der Waals surface area contributed by atoms with Crippen molar-refractivity contribution in [3.05, 3.63) is 47.1 Å². The minimum absolute atomic E-state index is 0.0400. The molecule has 7 nitrogen and oxygen atoms in total. The lowest BCUT2D eigenvalue weighted by Gasteiger charge is -2.31. The average Bonchev–Trinajstić information content (AvgIpc) is 2.78. The van der Waals surface area contributed by atoms with Crippen molar-refractivity contribution in [2.45, 2.75) is 31.5 Å². The van der Waals surface area contributed by atoms with Gasteiger partial charge in [0.1, 0.15) is 11.0 Å². The van der Waals surface area contributed by atoms with Crippen LogP contribution in [0.15, 0.2) is 41.6 Å². The summed E-state index contributed by atoms with van der Waals surface area (Å²) in [6.45, 7) is 3.87. The molecule has 1 aliphatic rings. The summed E-state index contributed by atoms with van der Waals surface area (Å²) in [7, 11) is 1.94. The van der Waals surface area contributed by atoms with Crippen LogP contribution in [0, 0.1) is 5.92 Å². The van der Waals surface area contributed by atoms with E-state index in [1.54, 1.807) is 17.9 Å². The fourth-order valence-corrected chi connectivity index (χ4v) is 4.44. The quantitative estimate of drug-likeness (QED) is 0.256. The Balaban J connectivity index is 1.58. The van der Waals surface area contributed by atoms with Crippen molar-refractivity contribution >= 4 is 41.1 Å². The van der Waals surface area contributed by atoms with E-state index in [4.69, 9.17) is 16.3 Å². The number of hydrogen-bond acceptors (Lipinski definition) is 7. The minimum Gasteiger partial charge on any atom is -0.466 e. The molecule has 1 unspecified atom stereocenters. The summed E-state index contributed by atoms with van der Waals surface area (Å²) in [6, 6.07) is 11.8. The van der Waals surface area contributed by atoms with Gasteiger partial charge in [0.25, 0.3) is 0 Å². The van der Waals surface area contributed by atoms with Gasteiger partial charge in [-0.25, -0.2) is 9.97 Å². The fraction of sp³-hybridized carbons (Fsp3) is 0.455. The highest BCUT2D eigenvalue weighted by Gasteiger charge is 2.29. The van der Waals surface area contributed by atoms with Gasteiger partial charge >= 0.3 is 5.97 Å². The Morgan fingerprint density at radius 3 is 2.81 bits per heavy atom. The number of amides is 1. The number of piperidine rings is 1. The Labute approximate surface area is 192 Å². The van der Waals surface area contributed by atoms with Crippen molar-refractivity contribution in [2.24, 2.45) is 5.92 Å². The van der Waals surface area contributed by atoms with Crippen LogP contribution in [-0.2, 0) is 20.9 Å². The van der Waals surface area contributed by atoms with Crippen LogP contribution in [0.3, 0.4) is 0 Å². The predicted octanol–water partition coefficient (Wildman–Crippen LogP) is 3.66. The number of anilines is 1. The van der Waals surface area contributed by atoms with Crippen molar-refractivity contribution in [3.8, 4) is 0 Å². The molecule has 1 aromatic heterocycles. The van der Waals surface area contributed by atoms with Gasteiger partial charge in [0, 0.05) is 32.7 Å². The van der Waals surface area contributed by atoms with Gasteiger partial charge in [0.2, 0.25) is 5.91 Å². The maximum Gasteiger partial charge on any atom is 0.310 e. The standard InChI is InChI=1S/C22H27ClN4O3S/c1-3-30-21(29)17-10-7-11-27(14-17)20(28)15-31-22-24-18(23)12-19(25-22)26(2)13-16-8-5-4-6-9-16/h4-6,8-9,12,17H,3,7,10-11,13-15H2,1-2H3. The van der Waals surface area contributed by atoms with E-state index in [0.717, 1.165) is 18.4 Å². The Morgan fingerprint density at radius 2 is 2.06 bits per heavy atom. The normalized spacial score (nSPS) is 16.1. The molecule has 31 heavy (non-hydrogen) atoms. The molecule has 0 saturated carbocycles. The average molecular weight is 463 g/mol. The first-order valence-corrected chi connectivity index (χ1v) is 11.7. The molecular formula is C22H27ClN4O3S. The molecular weight excluding hydrogens is 436 g/mol. The summed E-state index contributed by atoms with van der Waals surface area (Å²) in [5.41, 5.74) is 1.16. The lowest BCUT2D eigenvalue weighted by Crippen LogP contribution is -2.43. The van der Waals surface area contributed by atoms with E-state index < -0.39 is 0 Å². The van der Waals surface area contributed by atoms with Gasteiger partial charge in [-0.05, 0) is 25.3 Å². The number of benzene rings is 1. The number of rotatable bonds is 8. The van der Waals surface area contributed by atoms with Gasteiger partial charge in [-0.3, -0.25) is 9.59 Å². The third-order valence-corrected chi connectivity index (χ3v) is 6.06. The van der Waals surface area contributed by atoms with Crippen LogP contribution in [0.4, 0.5) is 5.82 Å². The van der Waals surface area contributed by atoms with E-state index in [9.17, 15) is 9.59 Å². The largest absolute Gasteiger partial charge is 0.466 e. The van der Waals surface area contributed by atoms with E-state index in [1.807, 2.05) is 30.1 Å². The van der Waals surface area contributed by atoms with Gasteiger partial charge in [-0.2, -0.15) is 0 Å². The van der Waals surface area contributed by atoms with E-state index in [-0.39, 0.29) is 23.5 Å². The van der Waals surface area contributed by atoms with Crippen molar-refractivity contribution in [2.75, 3.05) is 37.4 Å². The van der Waals surface area contributed by atoms with Gasteiger partial charge < -0.3 is 14.5 Å². The smallest absolute Gasteiger partial charge is 0.310 e. The Kier molecular flexibility index (Phi) is 8.54. The second-order valence-corrected chi connectivity index (χ2v) is 8.72. The number of ether oxygens (including phenoxy) is 1. The third-order valence-electron chi connectivity index (χ3n) is 5.03. The number of likely N-dealkylation sites (tertiary alicyclic amines) is 1. The highest BCUT2D eigenvalue weighted by molar-refractivity contribution is 7.99. The zero-order valence-corrected chi connectivity index (χ0v) is 19.4. The number of aromatic nitrogens is 2. The summed E-state index contributed by atoms with van der Waals surface area (Å²) in [6.07, 6.45) is 1.55. The zero-order valence-electron chi connectivity index (χ0n) is 17.8. The Morgan fingerprint density at radius 1 is 1.29 bits per heavy atom. The molecule has 1 amide bonds. The highest BCUT2D eigenvalue weighted by Crippen LogP contribution is 2.24. The SMILES string of the molecule is CCOC(=O)C1CCCN(C(=O)CSc2nc(Cl)cc(N(C)Cc3ccccc3)n2)C1. The molecule has 1 atom stereocenters. The molecule has 3 rings (SSSR count). The van der Waals surface area contributed by atoms with Crippen LogP contribution >= 0.6 is 23.4 Å². The van der Waals surface area contributed by atoms with Gasteiger partial charge in [0.05, 0.1) is 18.3 Å². The number of thioether (sulfide) groups is 1. The van der Waals surface area contributed by atoms with Gasteiger partial charge in [-0.1, -0.05) is 53.7 Å². The van der Waals surface area contributed by atoms with Crippen LogP contribution < -0.4 is 4.90 Å². The van der Waals surface area contributed by atoms with E-state index in [1.165, 1.54) is 11.8 Å². The lowest BCUT2D eigenvalue weighted by atomic mass is 9.98. The number of nitrogens with zero attached hydrogens (tertiary/aromatic N) is 4. The second-order valence-electron chi connectivity index (χ2n) is 7.39. The summed E-state index contributed by atoms with van der Waals surface area (Å²) >= 11 is 7.46. The Hall–Kier alpha value is -2.32. The lowest BCUT2D eigenvalue weighted by molar-refractivity contribution is -0.151. The molecule has 9 heteroatoms. The fourth-order valence-electron chi connectivity index (χ4n) is 3.46. The summed E-state index contributed by atoms with van der Waals surface area (Å²) in [5.74, 6) is 0.374. The molecule has 2 aromatic rings. The van der Waals surface area contributed by atoms with Crippen LogP contribution in [0.25, 0.3) is 0 Å². The van der Waals surface area contributed by atoms with Crippen molar-refractivity contribution < 1.29 is 14.3 Å². The third kappa shape index (κ3) is 6.83. The van der Waals surface area contributed by atoms with Gasteiger partial charge in [-0.15, -0.1) is 0 Å². The van der Waals surface area contributed by atoms with E-state index >= 15 is 0 Å². The van der Waals surface area contributed by atoms with Crippen LogP contribution in [-0.4, -0.2) is 59.2 Å². The molecule has 1 aromatic carbocycles. The number of carbonyl (C=O) groups excluding carboxylic acids is 2. The maximum absolute atomic E-state index is 12.7. The first-order chi connectivity index (χ1) is 15.0. The second kappa shape index (κ2) is 11.3. The molecule has 0 bridgehead atoms. The summed E-state index contributed by atoms with van der Waals surface area (Å²) in [5, 5.41) is 0.787. The Bertz CT molecular complexity index is 900. The molecule has 0 N–H and O–H groups in total. The number of carbonyl (C=O) groups is 2. The molecule has 2 heterocycles. The van der Waals surface area contributed by atoms with E-state index in [0.29, 0.717) is 42.4 Å². The molecule has 1 saturated heterocycles. The van der Waals surface area contributed by atoms with Gasteiger partial charge in [0.15, 0.2) is 5.16 Å². The first-order valence-electron chi connectivity index (χ1n) is 10.3. The van der Waals surface area contributed by atoms with Crippen molar-refractivity contribution in [1.82, 2.24) is 14.9 Å². The maximum atomic E-state index is 12.7. The molecule has 1 fully saturated rings. The minimum atomic E-state index is -0.247. The van der Waals surface area contributed by atoms with Crippen LogP contribution in [0.2, 0.25) is 5.15 Å². The molecule has 0 aliphatic carbocycles. The highest BCUT2D eigenvalue weighted by atomic mass is 35.5. The molecule has 166 valence electrons. The first kappa shape index (κ1) is 23.3. The van der Waals surface area contributed by atoms with E-state index in [2.05, 4.69) is 22.1 Å². The summed E-state index contributed by atoms with van der Waals surface area (Å²) < 4.78 is 5.11.